The van der Waals surface area contributed by atoms with Crippen molar-refractivity contribution in [2.45, 2.75) is 45.2 Å². The second-order valence-electron chi connectivity index (χ2n) is 14.4. The smallest absolute Gasteiger partial charge is 0.287 e. The molecule has 22 heteroatoms. The Morgan fingerprint density at radius 1 is 0.852 bits per heavy atom. The number of anilines is 2. The highest BCUT2D eigenvalue weighted by atomic mass is 16.2. The monoisotopic (exact) mass is 843 g/mol. The predicted molar refractivity (Wildman–Crippen MR) is 222 cm³/mol. The van der Waals surface area contributed by atoms with Crippen molar-refractivity contribution in [3.05, 3.63) is 77.8 Å². The lowest BCUT2D eigenvalue weighted by atomic mass is 10.1. The van der Waals surface area contributed by atoms with Gasteiger partial charge in [-0.25, -0.2) is 15.0 Å². The van der Waals surface area contributed by atoms with Crippen LogP contribution in [0.4, 0.5) is 11.5 Å². The van der Waals surface area contributed by atoms with Crippen molar-refractivity contribution in [1.29, 1.82) is 0 Å². The first-order valence-electron chi connectivity index (χ1n) is 19.9. The van der Waals surface area contributed by atoms with Crippen LogP contribution in [0.3, 0.4) is 0 Å². The Bertz CT molecular complexity index is 2180. The molecule has 22 nitrogen and oxygen atoms in total. The molecule has 1 aliphatic rings. The molecule has 61 heavy (non-hydrogen) atoms. The lowest BCUT2D eigenvalue weighted by molar-refractivity contribution is -0.127. The van der Waals surface area contributed by atoms with Crippen LogP contribution in [0.15, 0.2) is 49.2 Å². The van der Waals surface area contributed by atoms with E-state index in [-0.39, 0.29) is 73.4 Å². The molecule has 1 aliphatic carbocycles. The van der Waals surface area contributed by atoms with Gasteiger partial charge in [0.05, 0.1) is 29.5 Å². The Balaban J connectivity index is 0.993. The third-order valence-electron chi connectivity index (χ3n) is 9.48. The van der Waals surface area contributed by atoms with E-state index in [2.05, 4.69) is 62.5 Å². The minimum Gasteiger partial charge on any atom is -0.354 e. The highest BCUT2D eigenvalue weighted by molar-refractivity contribution is 6.04. The SMILES string of the molecule is CCCC(=O)Nc1cc(C(=O)Nc2cn(C)c(C(=O)NCCNC(=O)[C@@H]3C[C@H]3C(=O)NCCNC(=O)[C@H](Cc3cnc[nH]3)NC(=O)c3cccc(CNCCN)n3)n2)n(C)c1. The van der Waals surface area contributed by atoms with Crippen molar-refractivity contribution in [1.82, 2.24) is 61.0 Å². The van der Waals surface area contributed by atoms with Gasteiger partial charge in [0.2, 0.25) is 29.5 Å². The maximum Gasteiger partial charge on any atom is 0.287 e. The van der Waals surface area contributed by atoms with Crippen molar-refractivity contribution >= 4 is 52.9 Å². The number of aromatic amines is 1. The summed E-state index contributed by atoms with van der Waals surface area (Å²) < 4.78 is 3.02. The second-order valence-corrected chi connectivity index (χ2v) is 14.4. The molecule has 0 radical (unpaired) electrons. The first-order chi connectivity index (χ1) is 29.4. The normalized spacial score (nSPS) is 14.6. The highest BCUT2D eigenvalue weighted by Gasteiger charge is 2.47. The largest absolute Gasteiger partial charge is 0.354 e. The predicted octanol–water partition coefficient (Wildman–Crippen LogP) is -1.33. The number of H-pyrrole nitrogens is 1. The molecule has 0 aromatic carbocycles. The van der Waals surface area contributed by atoms with Gasteiger partial charge in [-0.2, -0.15) is 0 Å². The van der Waals surface area contributed by atoms with E-state index >= 15 is 0 Å². The fourth-order valence-electron chi connectivity index (χ4n) is 6.28. The average molecular weight is 844 g/mol. The van der Waals surface area contributed by atoms with E-state index < -0.39 is 41.5 Å². The molecule has 4 aromatic heterocycles. The van der Waals surface area contributed by atoms with Gasteiger partial charge >= 0.3 is 0 Å². The van der Waals surface area contributed by atoms with Gasteiger partial charge in [-0.05, 0) is 31.0 Å². The molecule has 0 aliphatic heterocycles. The maximum absolute atomic E-state index is 13.2. The van der Waals surface area contributed by atoms with Crippen molar-refractivity contribution in [3.63, 3.8) is 0 Å². The van der Waals surface area contributed by atoms with Gasteiger partial charge in [0, 0.05) is 97.0 Å². The number of carbonyl (C=O) groups is 7. The Morgan fingerprint density at radius 2 is 1.57 bits per heavy atom. The van der Waals surface area contributed by atoms with Gasteiger partial charge < -0.3 is 62.4 Å². The molecule has 1 saturated carbocycles. The van der Waals surface area contributed by atoms with Crippen molar-refractivity contribution in [3.8, 4) is 0 Å². The number of pyridine rings is 1. The quantitative estimate of drug-likeness (QED) is 0.0389. The van der Waals surface area contributed by atoms with Crippen LogP contribution in [0.2, 0.25) is 0 Å². The molecule has 326 valence electrons. The van der Waals surface area contributed by atoms with E-state index in [1.165, 1.54) is 17.1 Å². The standard InChI is InChI=1S/C39H53N15O7/c1-4-6-32(55)49-25-16-30(53(2)20-25)38(60)52-31-21-54(3)33(51-31)39(61)46-14-12-44-35(57)27-17-26(27)34(56)43-11-13-45-36(58)29(15-24-19-42-22-47-24)50-37(59)28-8-5-7-23(48-28)18-41-10-9-40/h5,7-8,16,19-22,26-27,29,41H,4,6,9-15,17-18,40H2,1-3H3,(H,42,47)(H,43,56)(H,44,57)(H,45,58)(H,46,61)(H,49,55)(H,50,59)(H,52,60)/t26-,27-,29+/m1/s1. The summed E-state index contributed by atoms with van der Waals surface area (Å²) in [5.41, 5.74) is 7.70. The fourth-order valence-corrected chi connectivity index (χ4v) is 6.28. The van der Waals surface area contributed by atoms with E-state index in [0.717, 1.165) is 0 Å². The number of aryl methyl sites for hydroxylation is 2. The maximum atomic E-state index is 13.2. The third-order valence-corrected chi connectivity index (χ3v) is 9.48. The van der Waals surface area contributed by atoms with Crippen LogP contribution in [-0.4, -0.2) is 116 Å². The molecule has 0 unspecified atom stereocenters. The van der Waals surface area contributed by atoms with E-state index in [4.69, 9.17) is 5.73 Å². The molecule has 0 bridgehead atoms. The van der Waals surface area contributed by atoms with Gasteiger partial charge in [0.15, 0.2) is 5.82 Å². The summed E-state index contributed by atoms with van der Waals surface area (Å²) in [6.07, 6.45) is 7.67. The molecule has 3 atom stereocenters. The molecular formula is C39H53N15O7. The first-order valence-corrected chi connectivity index (χ1v) is 19.9. The van der Waals surface area contributed by atoms with Gasteiger partial charge in [-0.1, -0.05) is 13.0 Å². The molecular weight excluding hydrogens is 791 g/mol. The number of rotatable bonds is 23. The second kappa shape index (κ2) is 21.9. The van der Waals surface area contributed by atoms with Gasteiger partial charge in [0.1, 0.15) is 17.4 Å². The molecule has 0 spiro atoms. The molecule has 7 amide bonds. The summed E-state index contributed by atoms with van der Waals surface area (Å²) in [7, 11) is 3.26. The summed E-state index contributed by atoms with van der Waals surface area (Å²) in [6.45, 7) is 3.72. The minimum atomic E-state index is -0.970. The molecule has 4 aromatic rings. The lowest BCUT2D eigenvalue weighted by Crippen LogP contribution is -2.49. The number of amides is 7. The summed E-state index contributed by atoms with van der Waals surface area (Å²) in [5, 5.41) is 22.1. The molecule has 5 rings (SSSR count). The first kappa shape index (κ1) is 45.1. The van der Waals surface area contributed by atoms with Crippen molar-refractivity contribution < 1.29 is 33.6 Å². The number of hydrogen-bond acceptors (Lipinski definition) is 12. The van der Waals surface area contributed by atoms with Crippen LogP contribution in [0.5, 0.6) is 0 Å². The summed E-state index contributed by atoms with van der Waals surface area (Å²) in [6, 6.07) is 5.61. The van der Waals surface area contributed by atoms with E-state index in [1.807, 2.05) is 6.92 Å². The summed E-state index contributed by atoms with van der Waals surface area (Å²) in [4.78, 5) is 105. The zero-order valence-electron chi connectivity index (χ0n) is 34.3. The van der Waals surface area contributed by atoms with Gasteiger partial charge in [-0.3, -0.25) is 33.6 Å². The number of carbonyl (C=O) groups excluding carboxylic acids is 7. The lowest BCUT2D eigenvalue weighted by Gasteiger charge is -2.18. The van der Waals surface area contributed by atoms with E-state index in [9.17, 15) is 33.6 Å². The molecule has 0 saturated heterocycles. The number of aromatic nitrogens is 6. The minimum absolute atomic E-state index is 0.0278. The van der Waals surface area contributed by atoms with Gasteiger partial charge in [0.25, 0.3) is 17.7 Å². The number of nitrogens with zero attached hydrogens (tertiary/aromatic N) is 5. The number of nitrogens with one attached hydrogen (secondary N) is 9. The van der Waals surface area contributed by atoms with Crippen LogP contribution in [0.1, 0.15) is 69.2 Å². The zero-order valence-corrected chi connectivity index (χ0v) is 34.3. The van der Waals surface area contributed by atoms with E-state index in [0.29, 0.717) is 56.0 Å². The van der Waals surface area contributed by atoms with Crippen molar-refractivity contribution in [2.24, 2.45) is 31.7 Å². The highest BCUT2D eigenvalue weighted by Crippen LogP contribution is 2.38. The van der Waals surface area contributed by atoms with Crippen LogP contribution >= 0.6 is 0 Å². The molecule has 11 N–H and O–H groups in total. The van der Waals surface area contributed by atoms with Crippen LogP contribution in [0, 0.1) is 11.8 Å². The van der Waals surface area contributed by atoms with Crippen molar-refractivity contribution in [2.75, 3.05) is 49.9 Å². The summed E-state index contributed by atoms with van der Waals surface area (Å²) >= 11 is 0. The van der Waals surface area contributed by atoms with Crippen LogP contribution in [0.25, 0.3) is 0 Å². The number of imidazole rings is 2. The third kappa shape index (κ3) is 13.3. The molecule has 4 heterocycles. The average Bonchev–Trinajstić information content (AvgIpc) is 3.47. The van der Waals surface area contributed by atoms with Crippen LogP contribution < -0.4 is 48.3 Å². The fraction of sp³-hybridized carbons (Fsp3) is 0.436. The number of nitrogens with two attached hydrogens (primary N) is 1. The zero-order chi connectivity index (χ0) is 43.9. The molecule has 1 fully saturated rings. The Morgan fingerprint density at radius 3 is 2.26 bits per heavy atom. The van der Waals surface area contributed by atoms with Gasteiger partial charge in [-0.15, -0.1) is 0 Å². The van der Waals surface area contributed by atoms with E-state index in [1.54, 1.807) is 55.3 Å². The Kier molecular flexibility index (Phi) is 16.2. The van der Waals surface area contributed by atoms with Crippen LogP contribution in [-0.2, 0) is 46.2 Å². The Hall–Kier alpha value is -6.94. The summed E-state index contributed by atoms with van der Waals surface area (Å²) in [5.74, 6) is -3.73. The number of hydrogen-bond donors (Lipinski definition) is 10. The Labute approximate surface area is 351 Å². The topological polar surface area (TPSA) is 306 Å².